The van der Waals surface area contributed by atoms with Gasteiger partial charge in [0.15, 0.2) is 0 Å². The summed E-state index contributed by atoms with van der Waals surface area (Å²) in [6, 6.07) is 8.04. The monoisotopic (exact) mass is 240 g/mol. The summed E-state index contributed by atoms with van der Waals surface area (Å²) in [6.07, 6.45) is 0. The summed E-state index contributed by atoms with van der Waals surface area (Å²) >= 11 is 0. The van der Waals surface area contributed by atoms with E-state index in [4.69, 9.17) is 0 Å². The largest absolute Gasteiger partial charge is 0.511 e. The number of hydrogen-bond donors (Lipinski definition) is 1. The zero-order valence-electron chi connectivity index (χ0n) is 9.64. The van der Waals surface area contributed by atoms with Gasteiger partial charge in [-0.15, -0.1) is 0 Å². The van der Waals surface area contributed by atoms with Gasteiger partial charge in [0.25, 0.3) is 0 Å². The molecule has 4 heteroatoms. The van der Waals surface area contributed by atoms with Crippen LogP contribution < -0.4 is 0 Å². The number of aliphatic hydroxyl groups is 1. The molecule has 0 bridgehead atoms. The highest BCUT2D eigenvalue weighted by molar-refractivity contribution is 7.94. The minimum Gasteiger partial charge on any atom is -0.511 e. The molecule has 0 saturated heterocycles. The van der Waals surface area contributed by atoms with Crippen LogP contribution in [0.4, 0.5) is 0 Å². The molecule has 0 aliphatic rings. The molecule has 1 rings (SSSR count). The van der Waals surface area contributed by atoms with Crippen LogP contribution in [0.25, 0.3) is 0 Å². The lowest BCUT2D eigenvalue weighted by Crippen LogP contribution is -2.11. The summed E-state index contributed by atoms with van der Waals surface area (Å²) in [7, 11) is -3.55. The van der Waals surface area contributed by atoms with Crippen molar-refractivity contribution in [2.45, 2.75) is 25.7 Å². The second-order valence-corrected chi connectivity index (χ2v) is 6.41. The van der Waals surface area contributed by atoms with E-state index in [1.165, 1.54) is 12.1 Å². The Morgan fingerprint density at radius 1 is 1.19 bits per heavy atom. The van der Waals surface area contributed by atoms with Crippen LogP contribution in [0, 0.1) is 5.41 Å². The predicted molar refractivity (Wildman–Crippen MR) is 63.8 cm³/mol. The smallest absolute Gasteiger partial charge is 0.203 e. The van der Waals surface area contributed by atoms with Gasteiger partial charge in [0, 0.05) is 5.41 Å². The summed E-state index contributed by atoms with van der Waals surface area (Å²) < 4.78 is 23.7. The van der Waals surface area contributed by atoms with Crippen molar-refractivity contribution in [1.82, 2.24) is 0 Å². The van der Waals surface area contributed by atoms with Crippen molar-refractivity contribution in [3.05, 3.63) is 41.5 Å². The van der Waals surface area contributed by atoms with E-state index in [9.17, 15) is 13.5 Å². The van der Waals surface area contributed by atoms with Crippen molar-refractivity contribution in [2.24, 2.45) is 5.41 Å². The molecule has 88 valence electrons. The molecular formula is C12H16O3S. The van der Waals surface area contributed by atoms with Gasteiger partial charge in [0.1, 0.15) is 5.76 Å². The van der Waals surface area contributed by atoms with E-state index >= 15 is 0 Å². The van der Waals surface area contributed by atoms with Crippen LogP contribution >= 0.6 is 0 Å². The molecule has 3 nitrogen and oxygen atoms in total. The fourth-order valence-electron chi connectivity index (χ4n) is 1.00. The van der Waals surface area contributed by atoms with Crippen LogP contribution in [0.3, 0.4) is 0 Å². The lowest BCUT2D eigenvalue weighted by molar-refractivity contribution is 0.278. The molecular weight excluding hydrogens is 224 g/mol. The summed E-state index contributed by atoms with van der Waals surface area (Å²) in [5.74, 6) is -0.142. The number of rotatable bonds is 2. The van der Waals surface area contributed by atoms with Crippen molar-refractivity contribution >= 4 is 9.84 Å². The molecule has 0 fully saturated rings. The third-order valence-electron chi connectivity index (χ3n) is 2.11. The van der Waals surface area contributed by atoms with E-state index in [0.29, 0.717) is 0 Å². The third-order valence-corrected chi connectivity index (χ3v) is 3.57. The standard InChI is InChI=1S/C12H16O3S/c1-12(2,3)11(13)9-16(14,15)10-7-5-4-6-8-10/h4-9,13H,1-3H3/b11-9-. The fourth-order valence-corrected chi connectivity index (χ4v) is 2.32. The molecule has 0 spiro atoms. The Labute approximate surface area is 96.4 Å². The van der Waals surface area contributed by atoms with E-state index in [1.807, 2.05) is 0 Å². The number of hydrogen-bond acceptors (Lipinski definition) is 3. The van der Waals surface area contributed by atoms with Crippen molar-refractivity contribution in [2.75, 3.05) is 0 Å². The molecule has 16 heavy (non-hydrogen) atoms. The molecule has 1 aromatic rings. The number of aliphatic hydroxyl groups excluding tert-OH is 1. The van der Waals surface area contributed by atoms with Crippen LogP contribution in [-0.4, -0.2) is 13.5 Å². The van der Waals surface area contributed by atoms with Gasteiger partial charge in [0.2, 0.25) is 9.84 Å². The summed E-state index contributed by atoms with van der Waals surface area (Å²) in [5, 5.41) is 10.6. The fraction of sp³-hybridized carbons (Fsp3) is 0.333. The molecule has 0 saturated carbocycles. The summed E-state index contributed by atoms with van der Waals surface area (Å²) in [6.45, 7) is 5.25. The molecule has 0 aliphatic carbocycles. The zero-order chi connectivity index (χ0) is 12.4. The summed E-state index contributed by atoms with van der Waals surface area (Å²) in [4.78, 5) is 0.186. The average Bonchev–Trinajstić information content (AvgIpc) is 2.17. The molecule has 1 aromatic carbocycles. The average molecular weight is 240 g/mol. The lowest BCUT2D eigenvalue weighted by atomic mass is 9.95. The van der Waals surface area contributed by atoms with Crippen LogP contribution in [0.5, 0.6) is 0 Å². The topological polar surface area (TPSA) is 54.4 Å². The van der Waals surface area contributed by atoms with E-state index in [1.54, 1.807) is 39.0 Å². The van der Waals surface area contributed by atoms with Crippen molar-refractivity contribution < 1.29 is 13.5 Å². The van der Waals surface area contributed by atoms with Crippen LogP contribution in [0.1, 0.15) is 20.8 Å². The molecule has 0 atom stereocenters. The van der Waals surface area contributed by atoms with E-state index in [-0.39, 0.29) is 10.7 Å². The number of benzene rings is 1. The van der Waals surface area contributed by atoms with Gasteiger partial charge in [-0.05, 0) is 12.1 Å². The Kier molecular flexibility index (Phi) is 3.43. The van der Waals surface area contributed by atoms with Crippen LogP contribution in [0.15, 0.2) is 46.4 Å². The minimum atomic E-state index is -3.55. The molecule has 0 unspecified atom stereocenters. The number of allylic oxidation sites excluding steroid dienone is 1. The highest BCUT2D eigenvalue weighted by atomic mass is 32.2. The maximum atomic E-state index is 11.9. The predicted octanol–water partition coefficient (Wildman–Crippen LogP) is 2.91. The maximum absolute atomic E-state index is 11.9. The molecule has 0 aromatic heterocycles. The second kappa shape index (κ2) is 4.29. The SMILES string of the molecule is CC(C)(C)/C(O)=C/S(=O)(=O)c1ccccc1. The zero-order valence-corrected chi connectivity index (χ0v) is 10.5. The van der Waals surface area contributed by atoms with E-state index < -0.39 is 15.3 Å². The van der Waals surface area contributed by atoms with Crippen molar-refractivity contribution in [3.8, 4) is 0 Å². The van der Waals surface area contributed by atoms with Crippen LogP contribution in [0.2, 0.25) is 0 Å². The highest BCUT2D eigenvalue weighted by Crippen LogP contribution is 2.25. The van der Waals surface area contributed by atoms with Gasteiger partial charge >= 0.3 is 0 Å². The van der Waals surface area contributed by atoms with Gasteiger partial charge in [-0.25, -0.2) is 8.42 Å². The highest BCUT2D eigenvalue weighted by Gasteiger charge is 2.20. The Morgan fingerprint density at radius 2 is 1.69 bits per heavy atom. The van der Waals surface area contributed by atoms with Crippen molar-refractivity contribution in [3.63, 3.8) is 0 Å². The Morgan fingerprint density at radius 3 is 2.12 bits per heavy atom. The van der Waals surface area contributed by atoms with Crippen LogP contribution in [-0.2, 0) is 9.84 Å². The second-order valence-electron chi connectivity index (χ2n) is 4.61. The van der Waals surface area contributed by atoms with Gasteiger partial charge in [-0.2, -0.15) is 0 Å². The lowest BCUT2D eigenvalue weighted by Gasteiger charge is -2.16. The van der Waals surface area contributed by atoms with E-state index in [0.717, 1.165) is 5.41 Å². The molecule has 0 radical (unpaired) electrons. The minimum absolute atomic E-state index is 0.142. The molecule has 1 N–H and O–H groups in total. The van der Waals surface area contributed by atoms with Gasteiger partial charge in [-0.1, -0.05) is 39.0 Å². The first-order valence-corrected chi connectivity index (χ1v) is 6.49. The van der Waals surface area contributed by atoms with Gasteiger partial charge in [-0.3, -0.25) is 0 Å². The quantitative estimate of drug-likeness (QED) is 0.809. The first-order valence-electron chi connectivity index (χ1n) is 4.95. The first kappa shape index (κ1) is 12.8. The number of sulfone groups is 1. The van der Waals surface area contributed by atoms with E-state index in [2.05, 4.69) is 0 Å². The third kappa shape index (κ3) is 3.10. The van der Waals surface area contributed by atoms with Crippen molar-refractivity contribution in [1.29, 1.82) is 0 Å². The Hall–Kier alpha value is -1.29. The first-order chi connectivity index (χ1) is 7.23. The Balaban J connectivity index is 3.16. The van der Waals surface area contributed by atoms with Gasteiger partial charge < -0.3 is 5.11 Å². The molecule has 0 amide bonds. The molecule has 0 heterocycles. The Bertz CT molecular complexity index is 479. The summed E-state index contributed by atoms with van der Waals surface area (Å²) in [5.41, 5.74) is -0.568. The molecule has 0 aliphatic heterocycles. The normalized spacial score (nSPS) is 13.8. The maximum Gasteiger partial charge on any atom is 0.203 e. The van der Waals surface area contributed by atoms with Gasteiger partial charge in [0.05, 0.1) is 10.3 Å².